The van der Waals surface area contributed by atoms with Gasteiger partial charge >= 0.3 is 6.03 Å². The van der Waals surface area contributed by atoms with Crippen molar-refractivity contribution < 1.29 is 14.4 Å². The Morgan fingerprint density at radius 2 is 2.00 bits per heavy atom. The number of aromatic amines is 1. The number of likely N-dealkylation sites (tertiary alicyclic amines) is 1. The molecule has 4 amide bonds. The maximum Gasteiger partial charge on any atom is 0.325 e. The van der Waals surface area contributed by atoms with Crippen LogP contribution in [0.25, 0.3) is 0 Å². The predicted octanol–water partition coefficient (Wildman–Crippen LogP) is -0.200. The zero-order valence-electron chi connectivity index (χ0n) is 14.7. The summed E-state index contributed by atoms with van der Waals surface area (Å²) in [6.07, 6.45) is 2.33. The summed E-state index contributed by atoms with van der Waals surface area (Å²) in [6.45, 7) is 6.30. The Hall–Kier alpha value is -2.52. The first kappa shape index (κ1) is 17.3. The molecule has 1 aromatic heterocycles. The van der Waals surface area contributed by atoms with Crippen molar-refractivity contribution >= 4 is 17.8 Å². The van der Waals surface area contributed by atoms with E-state index in [9.17, 15) is 14.4 Å². The number of amides is 4. The van der Waals surface area contributed by atoms with E-state index in [1.165, 1.54) is 0 Å². The summed E-state index contributed by atoms with van der Waals surface area (Å²) in [5, 5.41) is 16.6. The van der Waals surface area contributed by atoms with Crippen LogP contribution in [-0.2, 0) is 15.0 Å². The van der Waals surface area contributed by atoms with Gasteiger partial charge in [-0.1, -0.05) is 25.0 Å². The van der Waals surface area contributed by atoms with E-state index in [2.05, 4.69) is 25.9 Å². The number of carbonyl (C=O) groups excluding carboxylic acids is 3. The molecule has 2 N–H and O–H groups in total. The van der Waals surface area contributed by atoms with Crippen molar-refractivity contribution in [3.05, 3.63) is 5.82 Å². The Kier molecular flexibility index (Phi) is 4.21. The normalized spacial score (nSPS) is 25.1. The van der Waals surface area contributed by atoms with Crippen molar-refractivity contribution in [2.45, 2.75) is 51.0 Å². The molecule has 0 aromatic carbocycles. The molecular formula is C15H23N7O3. The van der Waals surface area contributed by atoms with Crippen molar-refractivity contribution in [1.29, 1.82) is 0 Å². The van der Waals surface area contributed by atoms with Gasteiger partial charge in [0.1, 0.15) is 12.1 Å². The second-order valence-electron chi connectivity index (χ2n) is 7.30. The van der Waals surface area contributed by atoms with Gasteiger partial charge in [-0.3, -0.25) is 14.5 Å². The van der Waals surface area contributed by atoms with Gasteiger partial charge in [-0.05, 0) is 20.3 Å². The van der Waals surface area contributed by atoms with E-state index >= 15 is 0 Å². The lowest BCUT2D eigenvalue weighted by Crippen LogP contribution is -2.62. The van der Waals surface area contributed by atoms with Crippen LogP contribution < -0.4 is 5.32 Å². The molecule has 0 saturated carbocycles. The van der Waals surface area contributed by atoms with Crippen LogP contribution in [0, 0.1) is 0 Å². The summed E-state index contributed by atoms with van der Waals surface area (Å²) in [7, 11) is 0. The van der Waals surface area contributed by atoms with E-state index in [4.69, 9.17) is 0 Å². The Morgan fingerprint density at radius 3 is 2.60 bits per heavy atom. The molecule has 0 spiro atoms. The minimum Gasteiger partial charge on any atom is -0.339 e. The molecule has 3 rings (SSSR count). The molecule has 136 valence electrons. The molecule has 1 atom stereocenters. The smallest absolute Gasteiger partial charge is 0.325 e. The Morgan fingerprint density at radius 1 is 1.28 bits per heavy atom. The summed E-state index contributed by atoms with van der Waals surface area (Å²) in [5.41, 5.74) is -1.27. The fraction of sp³-hybridized carbons (Fsp3) is 0.733. The average Bonchev–Trinajstić information content (AvgIpc) is 3.14. The van der Waals surface area contributed by atoms with Gasteiger partial charge in [0, 0.05) is 13.1 Å². The van der Waals surface area contributed by atoms with Crippen LogP contribution >= 0.6 is 0 Å². The molecule has 2 fully saturated rings. The van der Waals surface area contributed by atoms with Crippen LogP contribution in [0.1, 0.15) is 45.9 Å². The summed E-state index contributed by atoms with van der Waals surface area (Å²) >= 11 is 0. The minimum atomic E-state index is -0.915. The Labute approximate surface area is 145 Å². The number of H-pyrrole nitrogens is 1. The molecule has 0 aliphatic carbocycles. The molecule has 10 nitrogen and oxygen atoms in total. The molecule has 0 radical (unpaired) electrons. The first-order valence-corrected chi connectivity index (χ1v) is 8.45. The average molecular weight is 349 g/mol. The number of nitrogens with one attached hydrogen (secondary N) is 2. The van der Waals surface area contributed by atoms with Crippen LogP contribution in [-0.4, -0.2) is 73.4 Å². The van der Waals surface area contributed by atoms with Gasteiger partial charge in [-0.2, -0.15) is 5.21 Å². The fourth-order valence-electron chi connectivity index (χ4n) is 3.36. The maximum atomic E-state index is 12.6. The van der Waals surface area contributed by atoms with E-state index in [1.54, 1.807) is 11.8 Å². The number of aromatic nitrogens is 4. The Bertz CT molecular complexity index is 683. The number of hydrogen-bond acceptors (Lipinski definition) is 6. The predicted molar refractivity (Wildman–Crippen MR) is 86.3 cm³/mol. The first-order valence-electron chi connectivity index (χ1n) is 8.45. The SMILES string of the molecule is CCCCC1(C)NC(=O)N(CC(=O)N2CC(C)(c3nn[nH]n3)C2)C1=O. The largest absolute Gasteiger partial charge is 0.339 e. The molecule has 2 saturated heterocycles. The van der Waals surface area contributed by atoms with Crippen molar-refractivity contribution in [1.82, 2.24) is 35.7 Å². The monoisotopic (exact) mass is 349 g/mol. The topological polar surface area (TPSA) is 124 Å². The highest BCUT2D eigenvalue weighted by Gasteiger charge is 2.50. The molecule has 3 heterocycles. The highest BCUT2D eigenvalue weighted by Crippen LogP contribution is 2.31. The standard InChI is InChI=1S/C15H23N7O3/c1-4-5-6-15(3)12(24)22(13(25)16-15)7-10(23)21-8-14(2,9-21)11-17-19-20-18-11/h4-9H2,1-3H3,(H,16,25)(H,17,18,19,20). The van der Waals surface area contributed by atoms with Crippen LogP contribution in [0.2, 0.25) is 0 Å². The lowest BCUT2D eigenvalue weighted by atomic mass is 9.81. The Balaban J connectivity index is 1.59. The number of hydrogen-bond donors (Lipinski definition) is 2. The van der Waals surface area contributed by atoms with Crippen molar-refractivity contribution in [2.24, 2.45) is 0 Å². The maximum absolute atomic E-state index is 12.6. The van der Waals surface area contributed by atoms with Crippen molar-refractivity contribution in [3.63, 3.8) is 0 Å². The van der Waals surface area contributed by atoms with E-state index in [0.29, 0.717) is 25.3 Å². The second-order valence-corrected chi connectivity index (χ2v) is 7.30. The number of nitrogens with zero attached hydrogens (tertiary/aromatic N) is 5. The highest BCUT2D eigenvalue weighted by atomic mass is 16.2. The van der Waals surface area contributed by atoms with Gasteiger partial charge in [0.2, 0.25) is 5.91 Å². The number of rotatable bonds is 6. The molecule has 0 bridgehead atoms. The molecule has 2 aliphatic rings. The third-order valence-electron chi connectivity index (χ3n) is 4.99. The van der Waals surface area contributed by atoms with Crippen LogP contribution in [0.4, 0.5) is 4.79 Å². The molecular weight excluding hydrogens is 326 g/mol. The van der Waals surface area contributed by atoms with Gasteiger partial charge < -0.3 is 10.2 Å². The third-order valence-corrected chi connectivity index (χ3v) is 4.99. The van der Waals surface area contributed by atoms with Crippen molar-refractivity contribution in [3.8, 4) is 0 Å². The fourth-order valence-corrected chi connectivity index (χ4v) is 3.36. The summed E-state index contributed by atoms with van der Waals surface area (Å²) < 4.78 is 0. The van der Waals surface area contributed by atoms with Gasteiger partial charge in [-0.15, -0.1) is 10.2 Å². The molecule has 1 unspecified atom stereocenters. The first-order chi connectivity index (χ1) is 11.8. The number of unbranched alkanes of at least 4 members (excludes halogenated alkanes) is 1. The quantitative estimate of drug-likeness (QED) is 0.685. The van der Waals surface area contributed by atoms with Gasteiger partial charge in [0.25, 0.3) is 5.91 Å². The van der Waals surface area contributed by atoms with E-state index in [-0.39, 0.29) is 23.8 Å². The van der Waals surface area contributed by atoms with Gasteiger partial charge in [0.05, 0.1) is 5.41 Å². The lowest BCUT2D eigenvalue weighted by molar-refractivity contribution is -0.143. The van der Waals surface area contributed by atoms with Crippen LogP contribution in [0.3, 0.4) is 0 Å². The molecule has 10 heteroatoms. The summed E-state index contributed by atoms with van der Waals surface area (Å²) in [6, 6.07) is -0.501. The van der Waals surface area contributed by atoms with Crippen LogP contribution in [0.15, 0.2) is 0 Å². The zero-order valence-corrected chi connectivity index (χ0v) is 14.7. The zero-order chi connectivity index (χ0) is 18.2. The summed E-state index contributed by atoms with van der Waals surface area (Å²) in [5.74, 6) is -0.0383. The molecule has 25 heavy (non-hydrogen) atoms. The number of tetrazole rings is 1. The van der Waals surface area contributed by atoms with Crippen LogP contribution in [0.5, 0.6) is 0 Å². The number of imide groups is 1. The van der Waals surface area contributed by atoms with Gasteiger partial charge in [0.15, 0.2) is 5.82 Å². The highest BCUT2D eigenvalue weighted by molar-refractivity contribution is 6.08. The molecule has 2 aliphatic heterocycles. The van der Waals surface area contributed by atoms with Crippen molar-refractivity contribution in [2.75, 3.05) is 19.6 Å². The lowest BCUT2D eigenvalue weighted by Gasteiger charge is -2.46. The molecule has 1 aromatic rings. The van der Waals surface area contributed by atoms with E-state index in [1.807, 2.05) is 13.8 Å². The third kappa shape index (κ3) is 2.96. The van der Waals surface area contributed by atoms with E-state index in [0.717, 1.165) is 17.7 Å². The number of urea groups is 1. The second kappa shape index (κ2) is 6.08. The van der Waals surface area contributed by atoms with E-state index < -0.39 is 11.6 Å². The number of carbonyl (C=O) groups is 3. The minimum absolute atomic E-state index is 0.241. The summed E-state index contributed by atoms with van der Waals surface area (Å²) in [4.78, 5) is 39.7. The van der Waals surface area contributed by atoms with Gasteiger partial charge in [-0.25, -0.2) is 4.79 Å².